The molecule has 1 N–H and O–H groups in total. The smallest absolute Gasteiger partial charge is 0.280 e. The molecule has 4 aliphatic rings. The van der Waals surface area contributed by atoms with Crippen LogP contribution in [-0.2, 0) is 16.1 Å². The van der Waals surface area contributed by atoms with Gasteiger partial charge in [0.25, 0.3) is 17.7 Å². The predicted octanol–water partition coefficient (Wildman–Crippen LogP) is 2.54. The van der Waals surface area contributed by atoms with Gasteiger partial charge in [-0.3, -0.25) is 29.4 Å². The van der Waals surface area contributed by atoms with Crippen molar-refractivity contribution < 1.29 is 41.3 Å². The third kappa shape index (κ3) is 5.08. The molecule has 3 saturated heterocycles. The van der Waals surface area contributed by atoms with Gasteiger partial charge in [-0.1, -0.05) is 5.16 Å². The Balaban J connectivity index is 1.01. The summed E-state index contributed by atoms with van der Waals surface area (Å²) >= 11 is 0. The molecule has 5 heterocycles. The van der Waals surface area contributed by atoms with E-state index in [9.17, 15) is 23.6 Å². The molecule has 3 fully saturated rings. The summed E-state index contributed by atoms with van der Waals surface area (Å²) in [5.41, 5.74) is 0.171. The van der Waals surface area contributed by atoms with Crippen molar-refractivity contribution in [3.05, 3.63) is 58.7 Å². The monoisotopic (exact) mass is 628 g/mol. The Morgan fingerprint density at radius 2 is 1.78 bits per heavy atom. The maximum Gasteiger partial charge on any atom is 0.280 e. The minimum absolute atomic E-state index is 0.0114. The number of amides is 4. The highest BCUT2D eigenvalue weighted by atomic mass is 19.3. The van der Waals surface area contributed by atoms with Crippen molar-refractivity contribution in [1.29, 1.82) is 0 Å². The zero-order chi connectivity index (χ0) is 31.6. The number of rotatable bonds is 4. The number of halogens is 4. The van der Waals surface area contributed by atoms with Gasteiger partial charge in [0.05, 0.1) is 23.5 Å². The van der Waals surface area contributed by atoms with Crippen LogP contribution < -0.4 is 10.2 Å². The third-order valence-corrected chi connectivity index (χ3v) is 9.16. The van der Waals surface area contributed by atoms with Crippen LogP contribution in [0.1, 0.15) is 45.5 Å². The van der Waals surface area contributed by atoms with Gasteiger partial charge in [-0.15, -0.1) is 0 Å². The summed E-state index contributed by atoms with van der Waals surface area (Å²) in [6.45, 7) is 0.408. The molecule has 11 nitrogen and oxygen atoms in total. The second-order valence-electron chi connectivity index (χ2n) is 11.9. The number of piperidine rings is 2. The number of nitrogens with zero attached hydrogens (tertiary/aromatic N) is 5. The lowest BCUT2D eigenvalue weighted by atomic mass is 9.96. The van der Waals surface area contributed by atoms with Gasteiger partial charge >= 0.3 is 0 Å². The largest absolute Gasteiger partial charge is 0.354 e. The molecule has 0 radical (unpaired) electrons. The summed E-state index contributed by atoms with van der Waals surface area (Å²) in [5, 5.41) is 6.86. The molecular formula is C30H28F4N6O5. The van der Waals surface area contributed by atoms with E-state index >= 15 is 13.2 Å². The van der Waals surface area contributed by atoms with E-state index in [2.05, 4.69) is 10.5 Å². The average molecular weight is 629 g/mol. The highest BCUT2D eigenvalue weighted by molar-refractivity contribution is 6.06. The summed E-state index contributed by atoms with van der Waals surface area (Å²) in [4.78, 5) is 55.9. The van der Waals surface area contributed by atoms with Gasteiger partial charge in [0.1, 0.15) is 17.7 Å². The SMILES string of the molecule is O=C1CCC(N2Cc3cc(C(=O)N4CCC(N5CCN(c6noc7cc(F)ccc67)CC5)C(F)(F)C4)c(F)cc3C2=O)C(=O)N1. The van der Waals surface area contributed by atoms with Crippen molar-refractivity contribution in [3.63, 3.8) is 0 Å². The molecule has 0 spiro atoms. The molecule has 0 aliphatic carbocycles. The highest BCUT2D eigenvalue weighted by Gasteiger charge is 2.49. The molecule has 1 aromatic heterocycles. The lowest BCUT2D eigenvalue weighted by Gasteiger charge is -2.46. The Morgan fingerprint density at radius 1 is 1.00 bits per heavy atom. The van der Waals surface area contributed by atoms with Crippen LogP contribution in [0.4, 0.5) is 23.4 Å². The molecule has 2 unspecified atom stereocenters. The number of imide groups is 1. The molecule has 2 atom stereocenters. The van der Waals surface area contributed by atoms with Crippen molar-refractivity contribution in [2.24, 2.45) is 0 Å². The Labute approximate surface area is 253 Å². The number of aromatic nitrogens is 1. The average Bonchev–Trinajstić information content (AvgIpc) is 3.56. The molecule has 4 aliphatic heterocycles. The normalized spacial score (nSPS) is 23.9. The first-order chi connectivity index (χ1) is 21.5. The molecule has 0 bridgehead atoms. The van der Waals surface area contributed by atoms with Gasteiger partial charge in [-0.2, -0.15) is 0 Å². The number of hydrogen-bond acceptors (Lipinski definition) is 8. The van der Waals surface area contributed by atoms with E-state index in [4.69, 9.17) is 4.52 Å². The van der Waals surface area contributed by atoms with Crippen LogP contribution in [0.15, 0.2) is 34.9 Å². The zero-order valence-electron chi connectivity index (χ0n) is 23.9. The fraction of sp³-hybridized carbons (Fsp3) is 0.433. The first-order valence-corrected chi connectivity index (χ1v) is 14.7. The van der Waals surface area contributed by atoms with Crippen LogP contribution in [0.2, 0.25) is 0 Å². The first kappa shape index (κ1) is 29.2. The van der Waals surface area contributed by atoms with Crippen molar-refractivity contribution in [3.8, 4) is 0 Å². The summed E-state index contributed by atoms with van der Waals surface area (Å²) < 4.78 is 65.1. The number of hydrogen-bond donors (Lipinski definition) is 1. The number of fused-ring (bicyclic) bond motifs is 2. The zero-order valence-corrected chi connectivity index (χ0v) is 23.9. The molecule has 4 amide bonds. The molecule has 0 saturated carbocycles. The summed E-state index contributed by atoms with van der Waals surface area (Å²) in [6, 6.07) is 4.18. The molecule has 236 valence electrons. The van der Waals surface area contributed by atoms with Crippen LogP contribution in [0, 0.1) is 11.6 Å². The number of benzene rings is 2. The maximum atomic E-state index is 15.6. The number of nitrogens with one attached hydrogen (secondary N) is 1. The molecular weight excluding hydrogens is 600 g/mol. The lowest BCUT2D eigenvalue weighted by Crippen LogP contribution is -2.62. The topological polar surface area (TPSA) is 119 Å². The summed E-state index contributed by atoms with van der Waals surface area (Å²) in [7, 11) is 0. The van der Waals surface area contributed by atoms with Gasteiger partial charge < -0.3 is 19.2 Å². The van der Waals surface area contributed by atoms with Crippen LogP contribution in [-0.4, -0.2) is 101 Å². The quantitative estimate of drug-likeness (QED) is 0.346. The lowest BCUT2D eigenvalue weighted by molar-refractivity contribution is -0.136. The van der Waals surface area contributed by atoms with E-state index in [1.807, 2.05) is 4.90 Å². The Bertz CT molecular complexity index is 1740. The molecule has 7 rings (SSSR count). The number of anilines is 1. The second kappa shape index (κ2) is 10.8. The molecule has 15 heteroatoms. The molecule has 3 aromatic rings. The predicted molar refractivity (Wildman–Crippen MR) is 149 cm³/mol. The van der Waals surface area contributed by atoms with E-state index < -0.39 is 65.4 Å². The van der Waals surface area contributed by atoms with Crippen molar-refractivity contribution in [2.75, 3.05) is 44.2 Å². The van der Waals surface area contributed by atoms with E-state index in [0.29, 0.717) is 48.5 Å². The van der Waals surface area contributed by atoms with Crippen LogP contribution in [0.3, 0.4) is 0 Å². The van der Waals surface area contributed by atoms with Gasteiger partial charge in [0, 0.05) is 57.3 Å². The van der Waals surface area contributed by atoms with Crippen LogP contribution in [0.5, 0.6) is 0 Å². The van der Waals surface area contributed by atoms with Crippen LogP contribution >= 0.6 is 0 Å². The number of carbonyl (C=O) groups excluding carboxylic acids is 4. The van der Waals surface area contributed by atoms with E-state index in [-0.39, 0.29) is 37.9 Å². The van der Waals surface area contributed by atoms with Gasteiger partial charge in [-0.25, -0.2) is 17.6 Å². The van der Waals surface area contributed by atoms with Crippen LogP contribution in [0.25, 0.3) is 11.0 Å². The maximum absolute atomic E-state index is 15.6. The fourth-order valence-electron chi connectivity index (χ4n) is 6.85. The number of carbonyl (C=O) groups is 4. The Kier molecular flexibility index (Phi) is 7.02. The van der Waals surface area contributed by atoms with Crippen molar-refractivity contribution in [2.45, 2.75) is 43.8 Å². The van der Waals surface area contributed by atoms with Crippen molar-refractivity contribution in [1.82, 2.24) is 25.2 Å². The standard InChI is InChI=1S/C30H28F4N6O5/c31-17-1-2-18-23(12-17)45-36-26(18)38-9-7-37(8-10-38)24-5-6-39(15-30(24,33)34)28(43)20-11-16-14-40(29(44)19(16)13-21(20)32)22-3-4-25(41)35-27(22)42/h1-2,11-13,22,24H,3-10,14-15H2,(H,35,41,42). The number of alkyl halides is 2. The van der Waals surface area contributed by atoms with E-state index in [1.165, 1.54) is 23.1 Å². The van der Waals surface area contributed by atoms with Gasteiger partial charge in [0.15, 0.2) is 11.4 Å². The second-order valence-corrected chi connectivity index (χ2v) is 11.9. The summed E-state index contributed by atoms with van der Waals surface area (Å²) in [5.74, 6) is -6.79. The van der Waals surface area contributed by atoms with E-state index in [1.54, 1.807) is 11.0 Å². The summed E-state index contributed by atoms with van der Waals surface area (Å²) in [6.07, 6.45) is 0.144. The third-order valence-electron chi connectivity index (χ3n) is 9.16. The minimum Gasteiger partial charge on any atom is -0.354 e. The molecule has 2 aromatic carbocycles. The fourth-order valence-corrected chi connectivity index (χ4v) is 6.85. The van der Waals surface area contributed by atoms with Gasteiger partial charge in [0.2, 0.25) is 11.8 Å². The number of piperazine rings is 1. The van der Waals surface area contributed by atoms with E-state index in [0.717, 1.165) is 11.0 Å². The Hall–Kier alpha value is -4.53. The molecule has 45 heavy (non-hydrogen) atoms. The number of likely N-dealkylation sites (tertiary alicyclic amines) is 1. The van der Waals surface area contributed by atoms with Crippen molar-refractivity contribution >= 4 is 40.4 Å². The van der Waals surface area contributed by atoms with Gasteiger partial charge in [-0.05, 0) is 42.7 Å². The first-order valence-electron chi connectivity index (χ1n) is 14.7. The highest BCUT2D eigenvalue weighted by Crippen LogP contribution is 2.35. The minimum atomic E-state index is -3.28. The Morgan fingerprint density at radius 3 is 2.51 bits per heavy atom.